The third kappa shape index (κ3) is 8.99. The lowest BCUT2D eigenvalue weighted by Crippen LogP contribution is -2.29. The van der Waals surface area contributed by atoms with Crippen LogP contribution in [0.2, 0.25) is 0 Å². The SMILES string of the molecule is CC.CC/C=C\CC.COc1ccc(C(O)(c2ccc(OC)cc2)c2cc(C)ccc2Oc2ccc(C)cc2)cc1. The van der Waals surface area contributed by atoms with Gasteiger partial charge in [-0.05, 0) is 86.3 Å². The van der Waals surface area contributed by atoms with Crippen molar-refractivity contribution >= 4 is 0 Å². The van der Waals surface area contributed by atoms with Crippen LogP contribution < -0.4 is 14.2 Å². The zero-order chi connectivity index (χ0) is 30.3. The van der Waals surface area contributed by atoms with Gasteiger partial charge >= 0.3 is 0 Å². The summed E-state index contributed by atoms with van der Waals surface area (Å²) in [6, 6.07) is 28.6. The van der Waals surface area contributed by atoms with Crippen molar-refractivity contribution in [2.24, 2.45) is 0 Å². The molecule has 4 nitrogen and oxygen atoms in total. The number of allylic oxidation sites excluding steroid dienone is 2. The molecule has 4 aromatic carbocycles. The van der Waals surface area contributed by atoms with Crippen molar-refractivity contribution in [3.05, 3.63) is 131 Å². The molecule has 0 heterocycles. The highest BCUT2D eigenvalue weighted by Gasteiger charge is 2.37. The van der Waals surface area contributed by atoms with E-state index in [4.69, 9.17) is 14.2 Å². The third-order valence-electron chi connectivity index (χ3n) is 6.43. The van der Waals surface area contributed by atoms with Gasteiger partial charge in [0.05, 0.1) is 14.2 Å². The van der Waals surface area contributed by atoms with Crippen molar-refractivity contribution in [1.82, 2.24) is 0 Å². The summed E-state index contributed by atoms with van der Waals surface area (Å²) in [7, 11) is 3.25. The molecule has 0 spiro atoms. The summed E-state index contributed by atoms with van der Waals surface area (Å²) >= 11 is 0. The molecule has 4 aromatic rings. The lowest BCUT2D eigenvalue weighted by Gasteiger charge is -2.32. The molecule has 218 valence electrons. The number of aryl methyl sites for hydroxylation is 2. The average molecular weight is 555 g/mol. The molecule has 41 heavy (non-hydrogen) atoms. The van der Waals surface area contributed by atoms with E-state index in [1.54, 1.807) is 14.2 Å². The Bertz CT molecular complexity index is 1270. The summed E-state index contributed by atoms with van der Waals surface area (Å²) in [5.74, 6) is 2.73. The van der Waals surface area contributed by atoms with E-state index in [1.165, 1.54) is 12.8 Å². The van der Waals surface area contributed by atoms with Crippen LogP contribution in [-0.4, -0.2) is 19.3 Å². The summed E-state index contributed by atoms with van der Waals surface area (Å²) in [6.45, 7) is 12.3. The van der Waals surface area contributed by atoms with Crippen LogP contribution in [0.3, 0.4) is 0 Å². The zero-order valence-electron chi connectivity index (χ0n) is 25.9. The maximum Gasteiger partial charge on any atom is 0.144 e. The molecule has 0 aliphatic carbocycles. The highest BCUT2D eigenvalue weighted by atomic mass is 16.5. The summed E-state index contributed by atoms with van der Waals surface area (Å²) < 4.78 is 17.0. The quantitative estimate of drug-likeness (QED) is 0.165. The van der Waals surface area contributed by atoms with Crippen LogP contribution in [0.25, 0.3) is 0 Å². The number of methoxy groups -OCH3 is 2. The molecule has 0 aliphatic heterocycles. The van der Waals surface area contributed by atoms with E-state index in [-0.39, 0.29) is 0 Å². The molecule has 4 rings (SSSR count). The van der Waals surface area contributed by atoms with Crippen molar-refractivity contribution in [2.45, 2.75) is 60.0 Å². The first-order chi connectivity index (χ1) is 19.8. The standard InChI is InChI=1S/C29H28O4.C6H12.C2H6/c1-20-5-12-26(13-6-20)33-28-18-7-21(2)19-27(28)29(30,22-8-14-24(31-3)15-9-22)23-10-16-25(32-4)17-11-23;1-3-5-6-4-2;1-2/h5-19,30H,1-4H3;5-6H,3-4H2,1-2H3;1-2H3/b;6-5-;. The van der Waals surface area contributed by atoms with E-state index in [2.05, 4.69) is 26.0 Å². The van der Waals surface area contributed by atoms with Gasteiger partial charge < -0.3 is 19.3 Å². The number of benzene rings is 4. The maximum absolute atomic E-state index is 12.4. The van der Waals surface area contributed by atoms with Gasteiger partial charge in [-0.2, -0.15) is 0 Å². The average Bonchev–Trinajstić information content (AvgIpc) is 3.03. The first-order valence-corrected chi connectivity index (χ1v) is 14.4. The Labute approximate surface area is 247 Å². The van der Waals surface area contributed by atoms with Gasteiger partial charge in [0.25, 0.3) is 0 Å². The van der Waals surface area contributed by atoms with Crippen molar-refractivity contribution in [2.75, 3.05) is 14.2 Å². The van der Waals surface area contributed by atoms with Crippen molar-refractivity contribution < 1.29 is 19.3 Å². The van der Waals surface area contributed by atoms with Crippen LogP contribution in [0.15, 0.2) is 103 Å². The van der Waals surface area contributed by atoms with Gasteiger partial charge in [-0.1, -0.05) is 93.4 Å². The number of ether oxygens (including phenoxy) is 3. The summed E-state index contributed by atoms with van der Waals surface area (Å²) in [4.78, 5) is 0. The molecule has 0 saturated heterocycles. The molecule has 1 N–H and O–H groups in total. The Kier molecular flexibility index (Phi) is 13.7. The molecule has 0 bridgehead atoms. The van der Waals surface area contributed by atoms with Crippen LogP contribution in [-0.2, 0) is 5.60 Å². The van der Waals surface area contributed by atoms with E-state index in [0.29, 0.717) is 28.2 Å². The van der Waals surface area contributed by atoms with Crippen LogP contribution in [0.5, 0.6) is 23.0 Å². The Hall–Kier alpha value is -4.02. The summed E-state index contributed by atoms with van der Waals surface area (Å²) in [5, 5.41) is 12.4. The fourth-order valence-electron chi connectivity index (χ4n) is 4.22. The predicted octanol–water partition coefficient (Wildman–Crippen LogP) is 9.79. The predicted molar refractivity (Wildman–Crippen MR) is 172 cm³/mol. The second kappa shape index (κ2) is 16.9. The minimum atomic E-state index is -1.47. The number of aliphatic hydroxyl groups is 1. The second-order valence-corrected chi connectivity index (χ2v) is 9.37. The van der Waals surface area contributed by atoms with Crippen molar-refractivity contribution in [3.63, 3.8) is 0 Å². The minimum Gasteiger partial charge on any atom is -0.497 e. The van der Waals surface area contributed by atoms with E-state index in [1.807, 2.05) is 119 Å². The maximum atomic E-state index is 12.4. The lowest BCUT2D eigenvalue weighted by molar-refractivity contribution is 0.122. The number of hydrogen-bond donors (Lipinski definition) is 1. The van der Waals surface area contributed by atoms with Gasteiger partial charge in [0, 0.05) is 5.56 Å². The molecule has 0 radical (unpaired) electrons. The molecule has 4 heteroatoms. The monoisotopic (exact) mass is 554 g/mol. The van der Waals surface area contributed by atoms with E-state index < -0.39 is 5.60 Å². The van der Waals surface area contributed by atoms with Gasteiger partial charge in [-0.25, -0.2) is 0 Å². The van der Waals surface area contributed by atoms with E-state index >= 15 is 0 Å². The first kappa shape index (κ1) is 33.2. The highest BCUT2D eigenvalue weighted by Crippen LogP contribution is 2.43. The van der Waals surface area contributed by atoms with Crippen molar-refractivity contribution in [1.29, 1.82) is 0 Å². The smallest absolute Gasteiger partial charge is 0.144 e. The van der Waals surface area contributed by atoms with Crippen LogP contribution in [0, 0.1) is 13.8 Å². The van der Waals surface area contributed by atoms with Gasteiger partial charge in [-0.3, -0.25) is 0 Å². The zero-order valence-corrected chi connectivity index (χ0v) is 25.9. The molecule has 0 saturated carbocycles. The molecule has 0 atom stereocenters. The molecule has 0 fully saturated rings. The van der Waals surface area contributed by atoms with Gasteiger partial charge in [0.15, 0.2) is 0 Å². The van der Waals surface area contributed by atoms with Gasteiger partial charge in [0.1, 0.15) is 28.6 Å². The van der Waals surface area contributed by atoms with Gasteiger partial charge in [0.2, 0.25) is 0 Å². The van der Waals surface area contributed by atoms with Crippen molar-refractivity contribution in [3.8, 4) is 23.0 Å². The fourth-order valence-corrected chi connectivity index (χ4v) is 4.22. The van der Waals surface area contributed by atoms with E-state index in [0.717, 1.165) is 22.6 Å². The molecule has 0 aliphatic rings. The van der Waals surface area contributed by atoms with Gasteiger partial charge in [-0.15, -0.1) is 0 Å². The summed E-state index contributed by atoms with van der Waals surface area (Å²) in [6.07, 6.45) is 6.71. The Balaban J connectivity index is 0.000000654. The largest absolute Gasteiger partial charge is 0.497 e. The second-order valence-electron chi connectivity index (χ2n) is 9.37. The summed E-state index contributed by atoms with van der Waals surface area (Å²) in [5.41, 5.74) is 2.75. The Morgan fingerprint density at radius 2 is 1.02 bits per heavy atom. The van der Waals surface area contributed by atoms with Crippen LogP contribution in [0.4, 0.5) is 0 Å². The third-order valence-corrected chi connectivity index (χ3v) is 6.43. The van der Waals surface area contributed by atoms with E-state index in [9.17, 15) is 5.11 Å². The topological polar surface area (TPSA) is 47.9 Å². The minimum absolute atomic E-state index is 0.582. The number of rotatable bonds is 9. The molecular weight excluding hydrogens is 508 g/mol. The lowest BCUT2D eigenvalue weighted by atomic mass is 9.79. The normalized spacial score (nSPS) is 10.7. The molecule has 0 aromatic heterocycles. The fraction of sp³-hybridized carbons (Fsp3) is 0.297. The molecular formula is C37H46O4. The number of hydrogen-bond acceptors (Lipinski definition) is 4. The molecule has 0 amide bonds. The molecule has 0 unspecified atom stereocenters. The highest BCUT2D eigenvalue weighted by molar-refractivity contribution is 5.55. The Morgan fingerprint density at radius 3 is 1.44 bits per heavy atom. The van der Waals surface area contributed by atoms with Crippen LogP contribution in [0.1, 0.15) is 68.4 Å². The van der Waals surface area contributed by atoms with Crippen LogP contribution >= 0.6 is 0 Å². The first-order valence-electron chi connectivity index (χ1n) is 14.4. The Morgan fingerprint density at radius 1 is 0.610 bits per heavy atom.